The van der Waals surface area contributed by atoms with Gasteiger partial charge in [-0.25, -0.2) is 0 Å². The Morgan fingerprint density at radius 3 is 2.59 bits per heavy atom. The third-order valence-electron chi connectivity index (χ3n) is 4.77. The van der Waals surface area contributed by atoms with Gasteiger partial charge in [0.1, 0.15) is 5.75 Å². The second-order valence-corrected chi connectivity index (χ2v) is 7.00. The topological polar surface area (TPSA) is 50.8 Å². The fourth-order valence-corrected chi connectivity index (χ4v) is 3.30. The molecule has 1 aliphatic heterocycles. The Morgan fingerprint density at radius 1 is 1.15 bits per heavy atom. The van der Waals surface area contributed by atoms with Crippen LogP contribution in [0.3, 0.4) is 0 Å². The molecule has 3 rings (SSSR count). The maximum atomic E-state index is 12.5. The van der Waals surface area contributed by atoms with E-state index in [1.54, 1.807) is 0 Å². The molecule has 0 radical (unpaired) electrons. The molecular formula is C22H28N2O3. The number of carbonyl (C=O) groups excluding carboxylic acids is 1. The van der Waals surface area contributed by atoms with E-state index >= 15 is 0 Å². The van der Waals surface area contributed by atoms with Crippen molar-refractivity contribution in [2.45, 2.75) is 19.9 Å². The van der Waals surface area contributed by atoms with Crippen molar-refractivity contribution in [3.63, 3.8) is 0 Å². The fourth-order valence-electron chi connectivity index (χ4n) is 3.30. The van der Waals surface area contributed by atoms with Crippen molar-refractivity contribution in [1.82, 2.24) is 10.2 Å². The Bertz CT molecular complexity index is 742. The van der Waals surface area contributed by atoms with Gasteiger partial charge in [0.25, 0.3) is 5.91 Å². The van der Waals surface area contributed by atoms with Crippen molar-refractivity contribution in [3.8, 4) is 5.75 Å². The molecule has 1 aliphatic rings. The number of carbonyl (C=O) groups is 1. The number of ether oxygens (including phenoxy) is 2. The van der Waals surface area contributed by atoms with Crippen LogP contribution in [0.25, 0.3) is 0 Å². The summed E-state index contributed by atoms with van der Waals surface area (Å²) < 4.78 is 11.2. The smallest absolute Gasteiger partial charge is 0.258 e. The summed E-state index contributed by atoms with van der Waals surface area (Å²) in [4.78, 5) is 14.9. The number of hydrogen-bond donors (Lipinski definition) is 1. The van der Waals surface area contributed by atoms with Gasteiger partial charge >= 0.3 is 0 Å². The van der Waals surface area contributed by atoms with E-state index in [2.05, 4.69) is 28.4 Å². The van der Waals surface area contributed by atoms with Gasteiger partial charge in [-0.3, -0.25) is 9.69 Å². The lowest BCUT2D eigenvalue weighted by molar-refractivity contribution is -0.124. The zero-order valence-corrected chi connectivity index (χ0v) is 16.1. The third kappa shape index (κ3) is 5.81. The van der Waals surface area contributed by atoms with Gasteiger partial charge in [0.05, 0.1) is 19.3 Å². The Labute approximate surface area is 161 Å². The summed E-state index contributed by atoms with van der Waals surface area (Å²) in [6, 6.07) is 16.0. The Morgan fingerprint density at radius 2 is 1.89 bits per heavy atom. The molecule has 2 aromatic rings. The molecule has 5 heteroatoms. The molecule has 5 nitrogen and oxygen atoms in total. The van der Waals surface area contributed by atoms with E-state index in [1.807, 2.05) is 44.2 Å². The van der Waals surface area contributed by atoms with Crippen LogP contribution in [-0.2, 0) is 9.53 Å². The van der Waals surface area contributed by atoms with Crippen LogP contribution >= 0.6 is 0 Å². The number of rotatable bonds is 7. The van der Waals surface area contributed by atoms with Gasteiger partial charge in [-0.05, 0) is 31.0 Å². The highest BCUT2D eigenvalue weighted by Crippen LogP contribution is 2.19. The van der Waals surface area contributed by atoms with Crippen molar-refractivity contribution >= 4 is 5.91 Å². The molecule has 1 fully saturated rings. The van der Waals surface area contributed by atoms with Crippen LogP contribution in [0.5, 0.6) is 5.75 Å². The minimum atomic E-state index is -0.114. The lowest BCUT2D eigenvalue weighted by atomic mass is 10.1. The first-order valence-corrected chi connectivity index (χ1v) is 9.46. The van der Waals surface area contributed by atoms with Gasteiger partial charge in [-0.2, -0.15) is 0 Å². The molecule has 1 atom stereocenters. The SMILES string of the molecule is Cc1ccc(OCC(=O)NC(CN2CCOCC2)c2ccccc2)c(C)c1. The molecule has 1 unspecified atom stereocenters. The van der Waals surface area contributed by atoms with E-state index in [9.17, 15) is 4.79 Å². The highest BCUT2D eigenvalue weighted by Gasteiger charge is 2.20. The zero-order chi connectivity index (χ0) is 19.1. The normalized spacial score (nSPS) is 15.9. The average molecular weight is 368 g/mol. The summed E-state index contributed by atoms with van der Waals surface area (Å²) in [5.74, 6) is 0.636. The van der Waals surface area contributed by atoms with Crippen molar-refractivity contribution in [3.05, 3.63) is 65.2 Å². The van der Waals surface area contributed by atoms with Crippen LogP contribution in [0.1, 0.15) is 22.7 Å². The highest BCUT2D eigenvalue weighted by atomic mass is 16.5. The average Bonchev–Trinajstić information content (AvgIpc) is 2.68. The van der Waals surface area contributed by atoms with Crippen LogP contribution in [0.15, 0.2) is 48.5 Å². The quantitative estimate of drug-likeness (QED) is 0.817. The van der Waals surface area contributed by atoms with E-state index in [0.29, 0.717) is 0 Å². The van der Waals surface area contributed by atoms with Crippen LogP contribution in [0, 0.1) is 13.8 Å². The molecule has 1 saturated heterocycles. The summed E-state index contributed by atoms with van der Waals surface area (Å²) in [6.45, 7) is 8.07. The first-order valence-electron chi connectivity index (χ1n) is 9.46. The first kappa shape index (κ1) is 19.4. The van der Waals surface area contributed by atoms with Gasteiger partial charge in [0.15, 0.2) is 6.61 Å². The number of aryl methyl sites for hydroxylation is 2. The van der Waals surface area contributed by atoms with E-state index in [1.165, 1.54) is 5.56 Å². The lowest BCUT2D eigenvalue weighted by Crippen LogP contribution is -2.44. The Balaban J connectivity index is 1.61. The van der Waals surface area contributed by atoms with Crippen LogP contribution in [-0.4, -0.2) is 50.3 Å². The standard InChI is InChI=1S/C22H28N2O3/c1-17-8-9-21(18(2)14-17)27-16-22(25)23-20(19-6-4-3-5-7-19)15-24-10-12-26-13-11-24/h3-9,14,20H,10-13,15-16H2,1-2H3,(H,23,25). The van der Waals surface area contributed by atoms with Crippen molar-refractivity contribution in [1.29, 1.82) is 0 Å². The molecule has 1 heterocycles. The molecule has 0 aromatic heterocycles. The first-order chi connectivity index (χ1) is 13.1. The van der Waals surface area contributed by atoms with E-state index in [4.69, 9.17) is 9.47 Å². The summed E-state index contributed by atoms with van der Waals surface area (Å²) >= 11 is 0. The predicted octanol–water partition coefficient (Wildman–Crippen LogP) is 2.87. The molecule has 0 spiro atoms. The largest absolute Gasteiger partial charge is 0.484 e. The van der Waals surface area contributed by atoms with E-state index in [0.717, 1.165) is 49.7 Å². The minimum absolute atomic E-state index is 0.0103. The summed E-state index contributed by atoms with van der Waals surface area (Å²) in [5, 5.41) is 3.14. The summed E-state index contributed by atoms with van der Waals surface area (Å²) in [7, 11) is 0. The third-order valence-corrected chi connectivity index (χ3v) is 4.77. The van der Waals surface area contributed by atoms with Gasteiger partial charge < -0.3 is 14.8 Å². The van der Waals surface area contributed by atoms with Crippen molar-refractivity contribution in [2.24, 2.45) is 0 Å². The second-order valence-electron chi connectivity index (χ2n) is 7.00. The Hall–Kier alpha value is -2.37. The zero-order valence-electron chi connectivity index (χ0n) is 16.1. The second kappa shape index (κ2) is 9.53. The molecular weight excluding hydrogens is 340 g/mol. The maximum absolute atomic E-state index is 12.5. The lowest BCUT2D eigenvalue weighted by Gasteiger charge is -2.31. The highest BCUT2D eigenvalue weighted by molar-refractivity contribution is 5.78. The summed E-state index contributed by atoms with van der Waals surface area (Å²) in [5.41, 5.74) is 3.32. The molecule has 1 amide bonds. The fraction of sp³-hybridized carbons (Fsp3) is 0.409. The van der Waals surface area contributed by atoms with E-state index in [-0.39, 0.29) is 18.6 Å². The number of amides is 1. The number of nitrogens with one attached hydrogen (secondary N) is 1. The monoisotopic (exact) mass is 368 g/mol. The number of hydrogen-bond acceptors (Lipinski definition) is 4. The molecule has 2 aromatic carbocycles. The van der Waals surface area contributed by atoms with E-state index < -0.39 is 0 Å². The van der Waals surface area contributed by atoms with Crippen LogP contribution < -0.4 is 10.1 Å². The van der Waals surface area contributed by atoms with Gasteiger partial charge in [-0.1, -0.05) is 48.0 Å². The van der Waals surface area contributed by atoms with Crippen molar-refractivity contribution in [2.75, 3.05) is 39.5 Å². The summed E-state index contributed by atoms with van der Waals surface area (Å²) in [6.07, 6.45) is 0. The van der Waals surface area contributed by atoms with Crippen molar-refractivity contribution < 1.29 is 14.3 Å². The molecule has 144 valence electrons. The minimum Gasteiger partial charge on any atom is -0.484 e. The number of morpholine rings is 1. The molecule has 0 bridgehead atoms. The maximum Gasteiger partial charge on any atom is 0.258 e. The molecule has 27 heavy (non-hydrogen) atoms. The van der Waals surface area contributed by atoms with Gasteiger partial charge in [-0.15, -0.1) is 0 Å². The van der Waals surface area contributed by atoms with Gasteiger partial charge in [0.2, 0.25) is 0 Å². The number of nitrogens with zero attached hydrogens (tertiary/aromatic N) is 1. The van der Waals surface area contributed by atoms with Crippen LogP contribution in [0.2, 0.25) is 0 Å². The molecule has 0 saturated carbocycles. The predicted molar refractivity (Wildman–Crippen MR) is 106 cm³/mol. The van der Waals surface area contributed by atoms with Crippen LogP contribution in [0.4, 0.5) is 0 Å². The molecule has 1 N–H and O–H groups in total. The Kier molecular flexibility index (Phi) is 6.85. The number of benzene rings is 2. The van der Waals surface area contributed by atoms with Gasteiger partial charge in [0, 0.05) is 19.6 Å². The molecule has 0 aliphatic carbocycles.